The zero-order valence-corrected chi connectivity index (χ0v) is 13.0. The Morgan fingerprint density at radius 3 is 2.63 bits per heavy atom. The minimum Gasteiger partial charge on any atom is -0.321 e. The summed E-state index contributed by atoms with van der Waals surface area (Å²) in [6.07, 6.45) is 0. The van der Waals surface area contributed by atoms with Gasteiger partial charge in [-0.15, -0.1) is 0 Å². The van der Waals surface area contributed by atoms with Crippen LogP contribution < -0.4 is 5.32 Å². The summed E-state index contributed by atoms with van der Waals surface area (Å²) in [5.41, 5.74) is 3.24. The molecule has 0 spiro atoms. The van der Waals surface area contributed by atoms with Crippen LogP contribution in [0.25, 0.3) is 0 Å². The average Bonchev–Trinajstić information content (AvgIpc) is 2.36. The number of hydrogen-bond acceptors (Lipinski definition) is 1. The molecule has 0 aliphatic carbocycles. The fourth-order valence-electron chi connectivity index (χ4n) is 1.76. The van der Waals surface area contributed by atoms with Gasteiger partial charge in [0.25, 0.3) is 5.91 Å². The first-order valence-corrected chi connectivity index (χ1v) is 6.99. The van der Waals surface area contributed by atoms with Crippen LogP contribution in [-0.2, 0) is 0 Å². The maximum atomic E-state index is 12.2. The lowest BCUT2D eigenvalue weighted by Gasteiger charge is -2.10. The molecule has 1 N–H and O–H groups in total. The molecular formula is C15H13BrClNO. The van der Waals surface area contributed by atoms with E-state index in [1.807, 2.05) is 32.0 Å². The van der Waals surface area contributed by atoms with E-state index in [1.165, 1.54) is 0 Å². The van der Waals surface area contributed by atoms with Gasteiger partial charge in [-0.05, 0) is 65.2 Å². The molecule has 2 nitrogen and oxygen atoms in total. The number of hydrogen-bond donors (Lipinski definition) is 1. The highest BCUT2D eigenvalue weighted by molar-refractivity contribution is 9.10. The lowest BCUT2D eigenvalue weighted by atomic mass is 10.1. The first-order valence-electron chi connectivity index (χ1n) is 5.81. The van der Waals surface area contributed by atoms with Crippen molar-refractivity contribution in [3.05, 3.63) is 62.6 Å². The molecule has 2 rings (SSSR count). The summed E-state index contributed by atoms with van der Waals surface area (Å²) in [5.74, 6) is -0.162. The van der Waals surface area contributed by atoms with Gasteiger partial charge in [-0.2, -0.15) is 0 Å². The number of carbonyl (C=O) groups is 1. The highest BCUT2D eigenvalue weighted by Gasteiger charge is 2.12. The summed E-state index contributed by atoms with van der Waals surface area (Å²) >= 11 is 9.46. The first kappa shape index (κ1) is 14.1. The summed E-state index contributed by atoms with van der Waals surface area (Å²) in [7, 11) is 0. The standard InChI is InChI=1S/C15H13BrClNO/c1-9-6-7-14(12(16)8-9)18-15(19)11-4-3-5-13(17)10(11)2/h3-8H,1-2H3,(H,18,19). The van der Waals surface area contributed by atoms with Gasteiger partial charge in [0.15, 0.2) is 0 Å². The highest BCUT2D eigenvalue weighted by atomic mass is 79.9. The second kappa shape index (κ2) is 5.76. The van der Waals surface area contributed by atoms with E-state index in [2.05, 4.69) is 21.2 Å². The Kier molecular flexibility index (Phi) is 4.27. The van der Waals surface area contributed by atoms with Gasteiger partial charge in [0.2, 0.25) is 0 Å². The molecule has 98 valence electrons. The van der Waals surface area contributed by atoms with Gasteiger partial charge in [-0.25, -0.2) is 0 Å². The van der Waals surface area contributed by atoms with Crippen LogP contribution in [0.1, 0.15) is 21.5 Å². The normalized spacial score (nSPS) is 10.3. The molecule has 0 saturated heterocycles. The van der Waals surface area contributed by atoms with Gasteiger partial charge in [-0.1, -0.05) is 23.7 Å². The Morgan fingerprint density at radius 2 is 1.95 bits per heavy atom. The molecule has 0 heterocycles. The summed E-state index contributed by atoms with van der Waals surface area (Å²) in [6, 6.07) is 11.1. The molecule has 1 amide bonds. The van der Waals surface area contributed by atoms with Crippen molar-refractivity contribution >= 4 is 39.1 Å². The molecule has 0 aromatic heterocycles. The van der Waals surface area contributed by atoms with E-state index in [-0.39, 0.29) is 5.91 Å². The topological polar surface area (TPSA) is 29.1 Å². The van der Waals surface area contributed by atoms with Gasteiger partial charge in [0.05, 0.1) is 5.69 Å². The molecule has 4 heteroatoms. The van der Waals surface area contributed by atoms with E-state index >= 15 is 0 Å². The molecular weight excluding hydrogens is 326 g/mol. The molecule has 0 aliphatic heterocycles. The van der Waals surface area contributed by atoms with Gasteiger partial charge < -0.3 is 5.32 Å². The SMILES string of the molecule is Cc1ccc(NC(=O)c2cccc(Cl)c2C)c(Br)c1. The van der Waals surface area contributed by atoms with Crippen LogP contribution in [0.4, 0.5) is 5.69 Å². The Hall–Kier alpha value is -1.32. The third-order valence-electron chi connectivity index (χ3n) is 2.89. The zero-order valence-electron chi connectivity index (χ0n) is 10.6. The van der Waals surface area contributed by atoms with E-state index in [9.17, 15) is 4.79 Å². The monoisotopic (exact) mass is 337 g/mol. The van der Waals surface area contributed by atoms with Crippen LogP contribution in [0.3, 0.4) is 0 Å². The average molecular weight is 339 g/mol. The van der Waals surface area contributed by atoms with Crippen LogP contribution in [-0.4, -0.2) is 5.91 Å². The van der Waals surface area contributed by atoms with Crippen LogP contribution >= 0.6 is 27.5 Å². The van der Waals surface area contributed by atoms with Crippen LogP contribution in [0, 0.1) is 13.8 Å². The lowest BCUT2D eigenvalue weighted by Crippen LogP contribution is -2.13. The third kappa shape index (κ3) is 3.17. The van der Waals surface area contributed by atoms with Crippen LogP contribution in [0.5, 0.6) is 0 Å². The number of carbonyl (C=O) groups excluding carboxylic acids is 1. The van der Waals surface area contributed by atoms with Gasteiger partial charge in [0.1, 0.15) is 0 Å². The molecule has 0 bridgehead atoms. The van der Waals surface area contributed by atoms with Crippen molar-refractivity contribution < 1.29 is 4.79 Å². The Bertz CT molecular complexity index is 640. The number of anilines is 1. The summed E-state index contributed by atoms with van der Waals surface area (Å²) in [6.45, 7) is 3.83. The Labute approximate surface area is 125 Å². The van der Waals surface area contributed by atoms with E-state index in [0.717, 1.165) is 21.3 Å². The zero-order chi connectivity index (χ0) is 14.0. The number of nitrogens with one attached hydrogen (secondary N) is 1. The van der Waals surface area contributed by atoms with E-state index in [0.29, 0.717) is 10.6 Å². The molecule has 0 radical (unpaired) electrons. The quantitative estimate of drug-likeness (QED) is 0.823. The Balaban J connectivity index is 2.28. The second-order valence-corrected chi connectivity index (χ2v) is 5.61. The third-order valence-corrected chi connectivity index (χ3v) is 3.95. The predicted octanol–water partition coefficient (Wildman–Crippen LogP) is 4.97. The first-order chi connectivity index (χ1) is 8.99. The second-order valence-electron chi connectivity index (χ2n) is 4.35. The van der Waals surface area contributed by atoms with Crippen molar-refractivity contribution in [1.29, 1.82) is 0 Å². The van der Waals surface area contributed by atoms with E-state index < -0.39 is 0 Å². The molecule has 2 aromatic rings. The molecule has 0 fully saturated rings. The fourth-order valence-corrected chi connectivity index (χ4v) is 2.53. The molecule has 0 saturated carbocycles. The summed E-state index contributed by atoms with van der Waals surface area (Å²) in [4.78, 5) is 12.2. The lowest BCUT2D eigenvalue weighted by molar-refractivity contribution is 0.102. The molecule has 0 unspecified atom stereocenters. The summed E-state index contributed by atoms with van der Waals surface area (Å²) in [5, 5.41) is 3.47. The molecule has 19 heavy (non-hydrogen) atoms. The van der Waals surface area contributed by atoms with Crippen molar-refractivity contribution in [2.45, 2.75) is 13.8 Å². The Morgan fingerprint density at radius 1 is 1.21 bits per heavy atom. The number of aryl methyl sites for hydroxylation is 1. The minimum absolute atomic E-state index is 0.162. The van der Waals surface area contributed by atoms with Crippen molar-refractivity contribution in [2.24, 2.45) is 0 Å². The fraction of sp³-hybridized carbons (Fsp3) is 0.133. The number of benzene rings is 2. The van der Waals surface area contributed by atoms with Gasteiger partial charge in [0, 0.05) is 15.1 Å². The number of rotatable bonds is 2. The summed E-state index contributed by atoms with van der Waals surface area (Å²) < 4.78 is 0.862. The maximum Gasteiger partial charge on any atom is 0.256 e. The number of halogens is 2. The number of amides is 1. The van der Waals surface area contributed by atoms with Crippen LogP contribution in [0.15, 0.2) is 40.9 Å². The van der Waals surface area contributed by atoms with E-state index in [1.54, 1.807) is 18.2 Å². The van der Waals surface area contributed by atoms with Crippen molar-refractivity contribution in [1.82, 2.24) is 0 Å². The maximum absolute atomic E-state index is 12.2. The van der Waals surface area contributed by atoms with Gasteiger partial charge >= 0.3 is 0 Å². The van der Waals surface area contributed by atoms with Crippen LogP contribution in [0.2, 0.25) is 5.02 Å². The minimum atomic E-state index is -0.162. The van der Waals surface area contributed by atoms with Crippen molar-refractivity contribution in [3.8, 4) is 0 Å². The van der Waals surface area contributed by atoms with E-state index in [4.69, 9.17) is 11.6 Å². The predicted molar refractivity (Wildman–Crippen MR) is 83.0 cm³/mol. The highest BCUT2D eigenvalue weighted by Crippen LogP contribution is 2.25. The van der Waals surface area contributed by atoms with Crippen molar-refractivity contribution in [2.75, 3.05) is 5.32 Å². The molecule has 0 aliphatic rings. The van der Waals surface area contributed by atoms with Crippen molar-refractivity contribution in [3.63, 3.8) is 0 Å². The largest absolute Gasteiger partial charge is 0.321 e. The molecule has 2 aromatic carbocycles. The molecule has 0 atom stereocenters. The smallest absolute Gasteiger partial charge is 0.256 e. The van der Waals surface area contributed by atoms with Gasteiger partial charge in [-0.3, -0.25) is 4.79 Å².